The average Bonchev–Trinajstić information content (AvgIpc) is 2.74. The molecule has 0 heterocycles. The van der Waals surface area contributed by atoms with Gasteiger partial charge in [0.1, 0.15) is 11.6 Å². The first-order valence-electron chi connectivity index (χ1n) is 9.19. The number of amides is 1. The smallest absolute Gasteiger partial charge is 0.262 e. The van der Waals surface area contributed by atoms with Crippen LogP contribution in [0.25, 0.3) is 6.08 Å². The molecular formula is C23H25N3O2. The summed E-state index contributed by atoms with van der Waals surface area (Å²) >= 11 is 0. The van der Waals surface area contributed by atoms with Gasteiger partial charge >= 0.3 is 0 Å². The minimum Gasteiger partial charge on any atom is -0.395 e. The summed E-state index contributed by atoms with van der Waals surface area (Å²) in [5.41, 5.74) is 3.06. The van der Waals surface area contributed by atoms with Crippen molar-refractivity contribution in [3.63, 3.8) is 0 Å². The molecule has 0 fully saturated rings. The van der Waals surface area contributed by atoms with Gasteiger partial charge in [-0.2, -0.15) is 5.26 Å². The lowest BCUT2D eigenvalue weighted by Gasteiger charge is -2.24. The van der Waals surface area contributed by atoms with Crippen molar-refractivity contribution in [2.24, 2.45) is 0 Å². The van der Waals surface area contributed by atoms with Gasteiger partial charge < -0.3 is 15.3 Å². The zero-order valence-corrected chi connectivity index (χ0v) is 16.0. The van der Waals surface area contributed by atoms with Gasteiger partial charge in [-0.1, -0.05) is 54.6 Å². The van der Waals surface area contributed by atoms with Crippen LogP contribution in [-0.2, 0) is 11.3 Å². The summed E-state index contributed by atoms with van der Waals surface area (Å²) in [6.45, 7) is 3.53. The first-order chi connectivity index (χ1) is 13.7. The highest BCUT2D eigenvalue weighted by atomic mass is 16.3. The SMILES string of the molecule is C/C=C/CN(Cc1ccccc1)c1ccc(/C=C(\C#N)C(=O)NCCO)cc1. The van der Waals surface area contributed by atoms with Crippen LogP contribution in [0.1, 0.15) is 18.1 Å². The molecule has 0 spiro atoms. The Morgan fingerprint density at radius 2 is 1.89 bits per heavy atom. The zero-order valence-electron chi connectivity index (χ0n) is 16.0. The molecule has 0 atom stereocenters. The van der Waals surface area contributed by atoms with Crippen LogP contribution in [0.5, 0.6) is 0 Å². The average molecular weight is 375 g/mol. The number of benzene rings is 2. The highest BCUT2D eigenvalue weighted by molar-refractivity contribution is 6.01. The fraction of sp³-hybridized carbons (Fsp3) is 0.217. The first-order valence-corrected chi connectivity index (χ1v) is 9.19. The van der Waals surface area contributed by atoms with Crippen LogP contribution in [0.2, 0.25) is 0 Å². The predicted octanol–water partition coefficient (Wildman–Crippen LogP) is 3.28. The van der Waals surface area contributed by atoms with E-state index in [1.165, 1.54) is 5.56 Å². The molecule has 0 saturated heterocycles. The van der Waals surface area contributed by atoms with Crippen LogP contribution in [0, 0.1) is 11.3 Å². The zero-order chi connectivity index (χ0) is 20.2. The second-order valence-electron chi connectivity index (χ2n) is 6.18. The van der Waals surface area contributed by atoms with E-state index in [4.69, 9.17) is 5.11 Å². The molecule has 144 valence electrons. The van der Waals surface area contributed by atoms with E-state index in [-0.39, 0.29) is 18.7 Å². The Morgan fingerprint density at radius 1 is 1.18 bits per heavy atom. The van der Waals surface area contributed by atoms with Gasteiger partial charge in [0.05, 0.1) is 6.61 Å². The number of nitrogens with one attached hydrogen (secondary N) is 1. The maximum absolute atomic E-state index is 11.9. The summed E-state index contributed by atoms with van der Waals surface area (Å²) in [5, 5.41) is 20.5. The van der Waals surface area contributed by atoms with Crippen LogP contribution in [0.3, 0.4) is 0 Å². The molecule has 5 heteroatoms. The van der Waals surface area contributed by atoms with E-state index in [1.807, 2.05) is 61.5 Å². The van der Waals surface area contributed by atoms with Crippen molar-refractivity contribution >= 4 is 17.7 Å². The van der Waals surface area contributed by atoms with Crippen molar-refractivity contribution in [1.82, 2.24) is 5.32 Å². The number of nitriles is 1. The fourth-order valence-corrected chi connectivity index (χ4v) is 2.66. The Labute approximate surface area is 166 Å². The van der Waals surface area contributed by atoms with Crippen molar-refractivity contribution in [2.45, 2.75) is 13.5 Å². The normalized spacial score (nSPS) is 11.2. The molecule has 2 aromatic carbocycles. The minimum absolute atomic E-state index is 0.0104. The number of aliphatic hydroxyl groups is 1. The van der Waals surface area contributed by atoms with E-state index in [1.54, 1.807) is 6.08 Å². The number of hydrogen-bond donors (Lipinski definition) is 2. The van der Waals surface area contributed by atoms with Crippen molar-refractivity contribution in [2.75, 3.05) is 24.6 Å². The molecule has 0 bridgehead atoms. The molecule has 0 aliphatic heterocycles. The Kier molecular flexibility index (Phi) is 8.51. The Hall–Kier alpha value is -3.36. The van der Waals surface area contributed by atoms with Crippen LogP contribution >= 0.6 is 0 Å². The lowest BCUT2D eigenvalue weighted by molar-refractivity contribution is -0.117. The number of carbonyl (C=O) groups is 1. The van der Waals surface area contributed by atoms with Gasteiger partial charge in [-0.15, -0.1) is 0 Å². The second kappa shape index (κ2) is 11.4. The molecule has 2 aromatic rings. The monoisotopic (exact) mass is 375 g/mol. The molecule has 2 N–H and O–H groups in total. The topological polar surface area (TPSA) is 76.4 Å². The summed E-state index contributed by atoms with van der Waals surface area (Å²) in [6.07, 6.45) is 5.68. The number of nitrogens with zero attached hydrogens (tertiary/aromatic N) is 2. The molecule has 2 rings (SSSR count). The van der Waals surface area contributed by atoms with Gasteiger partial charge in [-0.3, -0.25) is 4.79 Å². The summed E-state index contributed by atoms with van der Waals surface area (Å²) in [6, 6.07) is 19.9. The molecule has 0 aliphatic rings. The number of anilines is 1. The van der Waals surface area contributed by atoms with E-state index in [9.17, 15) is 10.1 Å². The molecule has 0 saturated carbocycles. The van der Waals surface area contributed by atoms with E-state index < -0.39 is 5.91 Å². The van der Waals surface area contributed by atoms with Crippen LogP contribution in [0.4, 0.5) is 5.69 Å². The number of carbonyl (C=O) groups excluding carboxylic acids is 1. The molecule has 0 aromatic heterocycles. The van der Waals surface area contributed by atoms with Crippen molar-refractivity contribution < 1.29 is 9.90 Å². The lowest BCUT2D eigenvalue weighted by atomic mass is 10.1. The van der Waals surface area contributed by atoms with Crippen molar-refractivity contribution in [3.8, 4) is 6.07 Å². The summed E-state index contributed by atoms with van der Waals surface area (Å²) in [4.78, 5) is 14.2. The molecule has 5 nitrogen and oxygen atoms in total. The van der Waals surface area contributed by atoms with Gasteiger partial charge in [0.15, 0.2) is 0 Å². The largest absolute Gasteiger partial charge is 0.395 e. The van der Waals surface area contributed by atoms with Gasteiger partial charge in [-0.25, -0.2) is 0 Å². The van der Waals surface area contributed by atoms with Crippen LogP contribution in [0.15, 0.2) is 72.3 Å². The minimum atomic E-state index is -0.487. The van der Waals surface area contributed by atoms with Gasteiger partial charge in [0, 0.05) is 25.3 Å². The lowest BCUT2D eigenvalue weighted by Crippen LogP contribution is -2.27. The third-order valence-corrected chi connectivity index (χ3v) is 4.11. The first kappa shape index (κ1) is 20.9. The molecular weight excluding hydrogens is 350 g/mol. The quantitative estimate of drug-likeness (QED) is 0.401. The predicted molar refractivity (Wildman–Crippen MR) is 112 cm³/mol. The van der Waals surface area contributed by atoms with E-state index >= 15 is 0 Å². The summed E-state index contributed by atoms with van der Waals surface area (Å²) in [7, 11) is 0. The Morgan fingerprint density at radius 3 is 2.50 bits per heavy atom. The molecule has 0 aliphatic carbocycles. The van der Waals surface area contributed by atoms with Gasteiger partial charge in [0.2, 0.25) is 0 Å². The highest BCUT2D eigenvalue weighted by Gasteiger charge is 2.09. The molecule has 28 heavy (non-hydrogen) atoms. The Balaban J connectivity index is 2.18. The third kappa shape index (κ3) is 6.42. The number of aliphatic hydroxyl groups excluding tert-OH is 1. The molecule has 1 amide bonds. The van der Waals surface area contributed by atoms with Gasteiger partial charge in [-0.05, 0) is 36.3 Å². The van der Waals surface area contributed by atoms with Crippen molar-refractivity contribution in [3.05, 3.63) is 83.4 Å². The standard InChI is InChI=1S/C23H25N3O2/c1-2-3-14-26(18-20-7-5-4-6-8-20)22-11-9-19(10-12-22)16-21(17-24)23(28)25-13-15-27/h2-12,16,27H,13-15,18H2,1H3,(H,25,28)/b3-2+,21-16+. The number of hydrogen-bond acceptors (Lipinski definition) is 4. The van der Waals surface area contributed by atoms with E-state index in [2.05, 4.69) is 28.4 Å². The van der Waals surface area contributed by atoms with E-state index in [0.29, 0.717) is 0 Å². The summed E-state index contributed by atoms with van der Waals surface area (Å²) in [5.74, 6) is -0.487. The fourth-order valence-electron chi connectivity index (χ4n) is 2.66. The van der Waals surface area contributed by atoms with Crippen molar-refractivity contribution in [1.29, 1.82) is 5.26 Å². The maximum Gasteiger partial charge on any atom is 0.262 e. The second-order valence-corrected chi connectivity index (χ2v) is 6.18. The number of allylic oxidation sites excluding steroid dienone is 1. The highest BCUT2D eigenvalue weighted by Crippen LogP contribution is 2.19. The van der Waals surface area contributed by atoms with Crippen LogP contribution in [-0.4, -0.2) is 30.7 Å². The van der Waals surface area contributed by atoms with E-state index in [0.717, 1.165) is 24.3 Å². The third-order valence-electron chi connectivity index (χ3n) is 4.11. The Bertz CT molecular complexity index is 850. The molecule has 0 radical (unpaired) electrons. The maximum atomic E-state index is 11.9. The van der Waals surface area contributed by atoms with Gasteiger partial charge in [0.25, 0.3) is 5.91 Å². The summed E-state index contributed by atoms with van der Waals surface area (Å²) < 4.78 is 0. The van der Waals surface area contributed by atoms with Crippen LogP contribution < -0.4 is 10.2 Å². The molecule has 0 unspecified atom stereocenters. The number of rotatable bonds is 9.